The van der Waals surface area contributed by atoms with E-state index in [1.165, 1.54) is 6.07 Å². The maximum atomic E-state index is 13.7. The summed E-state index contributed by atoms with van der Waals surface area (Å²) in [4.78, 5) is 12.8. The van der Waals surface area contributed by atoms with Gasteiger partial charge in [0.25, 0.3) is 0 Å². The molecule has 0 atom stereocenters. The lowest BCUT2D eigenvalue weighted by molar-refractivity contribution is 0.292. The highest BCUT2D eigenvalue weighted by Crippen LogP contribution is 2.24. The van der Waals surface area contributed by atoms with Gasteiger partial charge in [-0.05, 0) is 31.9 Å². The van der Waals surface area contributed by atoms with Crippen LogP contribution in [-0.2, 0) is 0 Å². The lowest BCUT2D eigenvalue weighted by atomic mass is 10.1. The third-order valence-electron chi connectivity index (χ3n) is 2.89. The first-order valence-corrected chi connectivity index (χ1v) is 7.04. The Morgan fingerprint density at radius 3 is 2.71 bits per heavy atom. The first kappa shape index (κ1) is 15.2. The van der Waals surface area contributed by atoms with E-state index in [4.69, 9.17) is 4.74 Å². The summed E-state index contributed by atoms with van der Waals surface area (Å²) >= 11 is 0. The molecule has 0 saturated heterocycles. The largest absolute Gasteiger partial charge is 0.463 e. The monoisotopic (exact) mass is 290 g/mol. The minimum Gasteiger partial charge on any atom is -0.463 e. The van der Waals surface area contributed by atoms with Crippen molar-refractivity contribution < 1.29 is 9.13 Å². The van der Waals surface area contributed by atoms with Gasteiger partial charge in [-0.15, -0.1) is 0 Å². The molecule has 0 unspecified atom stereocenters. The van der Waals surface area contributed by atoms with Gasteiger partial charge in [-0.3, -0.25) is 0 Å². The topological polar surface area (TPSA) is 59.9 Å². The van der Waals surface area contributed by atoms with Gasteiger partial charge in [0, 0.05) is 12.1 Å². The molecule has 1 heterocycles. The summed E-state index contributed by atoms with van der Waals surface area (Å²) < 4.78 is 19.2. The molecule has 0 radical (unpaired) electrons. The van der Waals surface area contributed by atoms with Crippen LogP contribution in [0.15, 0.2) is 18.2 Å². The maximum absolute atomic E-state index is 13.7. The summed E-state index contributed by atoms with van der Waals surface area (Å²) in [5, 5.41) is 3.03. The summed E-state index contributed by atoms with van der Waals surface area (Å²) in [6.07, 6.45) is 0.858. The van der Waals surface area contributed by atoms with E-state index in [0.29, 0.717) is 36.1 Å². The van der Waals surface area contributed by atoms with E-state index in [0.717, 1.165) is 6.42 Å². The SMILES string of the molecule is CCCOc1nc(NCC)nc(-c2cccc(F)c2C)n1. The first-order valence-electron chi connectivity index (χ1n) is 7.04. The fraction of sp³-hybridized carbons (Fsp3) is 0.400. The van der Waals surface area contributed by atoms with Crippen molar-refractivity contribution in [1.29, 1.82) is 0 Å². The normalized spacial score (nSPS) is 10.5. The van der Waals surface area contributed by atoms with Crippen LogP contribution >= 0.6 is 0 Å². The average molecular weight is 290 g/mol. The van der Waals surface area contributed by atoms with Gasteiger partial charge in [0.05, 0.1) is 6.61 Å². The number of hydrogen-bond donors (Lipinski definition) is 1. The van der Waals surface area contributed by atoms with Gasteiger partial charge in [-0.25, -0.2) is 4.39 Å². The summed E-state index contributed by atoms with van der Waals surface area (Å²) in [7, 11) is 0. The van der Waals surface area contributed by atoms with E-state index < -0.39 is 0 Å². The highest BCUT2D eigenvalue weighted by atomic mass is 19.1. The van der Waals surface area contributed by atoms with Crippen molar-refractivity contribution in [2.75, 3.05) is 18.5 Å². The van der Waals surface area contributed by atoms with E-state index in [1.54, 1.807) is 19.1 Å². The predicted molar refractivity (Wildman–Crippen MR) is 79.9 cm³/mol. The molecule has 6 heteroatoms. The molecule has 0 bridgehead atoms. The quantitative estimate of drug-likeness (QED) is 0.885. The zero-order valence-corrected chi connectivity index (χ0v) is 12.5. The Balaban J connectivity index is 2.45. The van der Waals surface area contributed by atoms with Crippen LogP contribution in [0, 0.1) is 12.7 Å². The van der Waals surface area contributed by atoms with E-state index in [1.807, 2.05) is 13.8 Å². The Bertz CT molecular complexity index is 619. The molecule has 0 aliphatic carbocycles. The number of hydrogen-bond acceptors (Lipinski definition) is 5. The Morgan fingerprint density at radius 2 is 2.00 bits per heavy atom. The van der Waals surface area contributed by atoms with Crippen molar-refractivity contribution in [2.45, 2.75) is 27.2 Å². The van der Waals surface area contributed by atoms with E-state index in [2.05, 4.69) is 20.3 Å². The third-order valence-corrected chi connectivity index (χ3v) is 2.89. The zero-order valence-electron chi connectivity index (χ0n) is 12.5. The van der Waals surface area contributed by atoms with Crippen molar-refractivity contribution in [2.24, 2.45) is 0 Å². The number of halogens is 1. The molecule has 1 N–H and O–H groups in total. The van der Waals surface area contributed by atoms with Crippen LogP contribution in [0.5, 0.6) is 6.01 Å². The maximum Gasteiger partial charge on any atom is 0.321 e. The Labute approximate surface area is 123 Å². The number of rotatable bonds is 6. The number of ether oxygens (including phenoxy) is 1. The van der Waals surface area contributed by atoms with Crippen molar-refractivity contribution in [1.82, 2.24) is 15.0 Å². The molecule has 21 heavy (non-hydrogen) atoms. The second-order valence-electron chi connectivity index (χ2n) is 4.56. The minimum absolute atomic E-state index is 0.251. The van der Waals surface area contributed by atoms with Gasteiger partial charge in [0.15, 0.2) is 5.82 Å². The molecule has 0 saturated carbocycles. The number of nitrogens with one attached hydrogen (secondary N) is 1. The van der Waals surface area contributed by atoms with Crippen LogP contribution in [-0.4, -0.2) is 28.1 Å². The molecule has 1 aromatic carbocycles. The van der Waals surface area contributed by atoms with E-state index in [9.17, 15) is 4.39 Å². The van der Waals surface area contributed by atoms with Gasteiger partial charge < -0.3 is 10.1 Å². The van der Waals surface area contributed by atoms with E-state index >= 15 is 0 Å². The van der Waals surface area contributed by atoms with Crippen molar-refractivity contribution in [3.8, 4) is 17.4 Å². The minimum atomic E-state index is -0.283. The Morgan fingerprint density at radius 1 is 1.19 bits per heavy atom. The molecule has 0 amide bonds. The van der Waals surface area contributed by atoms with Gasteiger partial charge in [-0.2, -0.15) is 15.0 Å². The summed E-state index contributed by atoms with van der Waals surface area (Å²) in [6.45, 7) is 6.86. The van der Waals surface area contributed by atoms with Crippen molar-refractivity contribution >= 4 is 5.95 Å². The predicted octanol–water partition coefficient (Wildman–Crippen LogP) is 3.21. The highest BCUT2D eigenvalue weighted by molar-refractivity contribution is 5.61. The van der Waals surface area contributed by atoms with Crippen LogP contribution in [0.25, 0.3) is 11.4 Å². The molecule has 0 aliphatic rings. The van der Waals surface area contributed by atoms with Gasteiger partial charge in [0.2, 0.25) is 5.95 Å². The molecule has 1 aromatic heterocycles. The molecule has 0 aliphatic heterocycles. The molecule has 2 rings (SSSR count). The van der Waals surface area contributed by atoms with Crippen molar-refractivity contribution in [3.05, 3.63) is 29.6 Å². The number of anilines is 1. The van der Waals surface area contributed by atoms with Crippen molar-refractivity contribution in [3.63, 3.8) is 0 Å². The third kappa shape index (κ3) is 3.65. The standard InChI is InChI=1S/C15H19FN4O/c1-4-9-21-15-19-13(18-14(20-15)17-5-2)11-7-6-8-12(16)10(11)3/h6-8H,4-5,9H2,1-3H3,(H,17,18,19,20). The Hall–Kier alpha value is -2.24. The fourth-order valence-electron chi connectivity index (χ4n) is 1.82. The van der Waals surface area contributed by atoms with Gasteiger partial charge >= 0.3 is 6.01 Å². The molecule has 5 nitrogen and oxygen atoms in total. The molecule has 0 spiro atoms. The number of aromatic nitrogens is 3. The van der Waals surface area contributed by atoms with Crippen LogP contribution in [0.4, 0.5) is 10.3 Å². The zero-order chi connectivity index (χ0) is 15.2. The van der Waals surface area contributed by atoms with Crippen LogP contribution < -0.4 is 10.1 Å². The molecular weight excluding hydrogens is 271 g/mol. The lowest BCUT2D eigenvalue weighted by Gasteiger charge is -2.10. The van der Waals surface area contributed by atoms with Crippen LogP contribution in [0.1, 0.15) is 25.8 Å². The highest BCUT2D eigenvalue weighted by Gasteiger charge is 2.13. The second-order valence-corrected chi connectivity index (χ2v) is 4.56. The second kappa shape index (κ2) is 6.97. The summed E-state index contributed by atoms with van der Waals surface area (Å²) in [6, 6.07) is 5.09. The average Bonchev–Trinajstić information content (AvgIpc) is 2.48. The summed E-state index contributed by atoms with van der Waals surface area (Å²) in [5.41, 5.74) is 1.14. The molecule has 112 valence electrons. The molecule has 0 fully saturated rings. The molecular formula is C15H19FN4O. The fourth-order valence-corrected chi connectivity index (χ4v) is 1.82. The van der Waals surface area contributed by atoms with E-state index in [-0.39, 0.29) is 11.8 Å². The van der Waals surface area contributed by atoms with Gasteiger partial charge in [-0.1, -0.05) is 19.1 Å². The first-order chi connectivity index (χ1) is 10.2. The summed E-state index contributed by atoms with van der Waals surface area (Å²) in [5.74, 6) is 0.551. The van der Waals surface area contributed by atoms with Crippen LogP contribution in [0.3, 0.4) is 0 Å². The van der Waals surface area contributed by atoms with Crippen LogP contribution in [0.2, 0.25) is 0 Å². The lowest BCUT2D eigenvalue weighted by Crippen LogP contribution is -2.08. The molecule has 2 aromatic rings. The number of nitrogens with zero attached hydrogens (tertiary/aromatic N) is 3. The number of benzene rings is 1. The Kier molecular flexibility index (Phi) is 5.03. The smallest absolute Gasteiger partial charge is 0.321 e. The van der Waals surface area contributed by atoms with Gasteiger partial charge in [0.1, 0.15) is 5.82 Å².